The molecule has 0 amide bonds. The zero-order chi connectivity index (χ0) is 17.4. The highest BCUT2D eigenvalue weighted by atomic mass is 35.5. The summed E-state index contributed by atoms with van der Waals surface area (Å²) in [5.41, 5.74) is 1.94. The van der Waals surface area contributed by atoms with Crippen LogP contribution in [0.15, 0.2) is 42.1 Å². The molecule has 0 aromatic heterocycles. The van der Waals surface area contributed by atoms with Crippen LogP contribution in [-0.4, -0.2) is 60.8 Å². The van der Waals surface area contributed by atoms with Crippen LogP contribution in [0, 0.1) is 0 Å². The van der Waals surface area contributed by atoms with E-state index in [2.05, 4.69) is 16.6 Å². The number of oxime groups is 1. The average Bonchev–Trinajstić information content (AvgIpc) is 3.02. The van der Waals surface area contributed by atoms with Crippen molar-refractivity contribution < 1.29 is 14.7 Å². The molecule has 24 heavy (non-hydrogen) atoms. The summed E-state index contributed by atoms with van der Waals surface area (Å²) in [4.78, 5) is 7.65. The predicted molar refractivity (Wildman–Crippen MR) is 96.6 cm³/mol. The number of hydrogen-bond acceptors (Lipinski definition) is 5. The highest BCUT2D eigenvalue weighted by molar-refractivity contribution is 6.30. The van der Waals surface area contributed by atoms with E-state index < -0.39 is 6.10 Å². The van der Waals surface area contributed by atoms with Crippen molar-refractivity contribution in [2.75, 3.05) is 32.8 Å². The molecule has 5 nitrogen and oxygen atoms in total. The van der Waals surface area contributed by atoms with Gasteiger partial charge in [0.15, 0.2) is 0 Å². The number of benzene rings is 1. The normalized spacial score (nSPS) is 18.3. The molecule has 1 heterocycles. The summed E-state index contributed by atoms with van der Waals surface area (Å²) in [5.74, 6) is 0. The first kappa shape index (κ1) is 18.9. The van der Waals surface area contributed by atoms with Crippen molar-refractivity contribution in [3.05, 3.63) is 47.5 Å². The maximum absolute atomic E-state index is 10.0. The Balaban J connectivity index is 1.85. The topological polar surface area (TPSA) is 54.3 Å². The molecular weight excluding hydrogens is 328 g/mol. The summed E-state index contributed by atoms with van der Waals surface area (Å²) in [6.45, 7) is 8.50. The summed E-state index contributed by atoms with van der Waals surface area (Å²) in [6, 6.07) is 7.59. The lowest BCUT2D eigenvalue weighted by atomic mass is 10.0. The Kier molecular flexibility index (Phi) is 7.72. The monoisotopic (exact) mass is 352 g/mol. The standard InChI is InChI=1S/C18H25ClN2O3/c1-3-9-21(11-16(22)13-23-4-2)12-17-10-18(20-24-17)14-5-7-15(19)8-6-14/h3,5-8,16-17,22H,1,4,9-13H2,2H3. The smallest absolute Gasteiger partial charge is 0.145 e. The van der Waals surface area contributed by atoms with Crippen LogP contribution in [0.4, 0.5) is 0 Å². The van der Waals surface area contributed by atoms with Gasteiger partial charge in [-0.15, -0.1) is 6.58 Å². The van der Waals surface area contributed by atoms with Crippen LogP contribution < -0.4 is 0 Å². The van der Waals surface area contributed by atoms with E-state index in [9.17, 15) is 5.11 Å². The van der Waals surface area contributed by atoms with E-state index in [1.807, 2.05) is 37.3 Å². The largest absolute Gasteiger partial charge is 0.390 e. The van der Waals surface area contributed by atoms with E-state index in [4.69, 9.17) is 21.2 Å². The third-order valence-corrected chi connectivity index (χ3v) is 3.99. The van der Waals surface area contributed by atoms with E-state index in [0.29, 0.717) is 37.9 Å². The van der Waals surface area contributed by atoms with Gasteiger partial charge in [0.05, 0.1) is 18.4 Å². The Morgan fingerprint density at radius 3 is 2.92 bits per heavy atom. The van der Waals surface area contributed by atoms with Gasteiger partial charge < -0.3 is 14.7 Å². The Labute approximate surface area is 148 Å². The van der Waals surface area contributed by atoms with Crippen molar-refractivity contribution in [3.63, 3.8) is 0 Å². The summed E-state index contributed by atoms with van der Waals surface area (Å²) >= 11 is 5.91. The fourth-order valence-corrected chi connectivity index (χ4v) is 2.76. The van der Waals surface area contributed by atoms with Crippen molar-refractivity contribution in [1.29, 1.82) is 0 Å². The first-order valence-electron chi connectivity index (χ1n) is 8.20. The molecule has 0 radical (unpaired) electrons. The zero-order valence-electron chi connectivity index (χ0n) is 14.0. The second kappa shape index (κ2) is 9.79. The van der Waals surface area contributed by atoms with E-state index in [0.717, 1.165) is 17.7 Å². The molecule has 2 rings (SSSR count). The van der Waals surface area contributed by atoms with Crippen LogP contribution in [0.5, 0.6) is 0 Å². The molecular formula is C18H25ClN2O3. The number of aliphatic hydroxyl groups is 1. The van der Waals surface area contributed by atoms with Crippen molar-refractivity contribution in [2.45, 2.75) is 25.6 Å². The first-order chi connectivity index (χ1) is 11.6. The van der Waals surface area contributed by atoms with Crippen molar-refractivity contribution in [3.8, 4) is 0 Å². The minimum Gasteiger partial charge on any atom is -0.390 e. The van der Waals surface area contributed by atoms with Gasteiger partial charge in [0.2, 0.25) is 0 Å². The molecule has 0 saturated carbocycles. The van der Waals surface area contributed by atoms with E-state index in [-0.39, 0.29) is 6.10 Å². The lowest BCUT2D eigenvalue weighted by Crippen LogP contribution is -2.39. The molecule has 0 bridgehead atoms. The fourth-order valence-electron chi connectivity index (χ4n) is 2.64. The van der Waals surface area contributed by atoms with Gasteiger partial charge in [-0.2, -0.15) is 0 Å². The molecule has 1 aliphatic rings. The van der Waals surface area contributed by atoms with Gasteiger partial charge in [-0.25, -0.2) is 0 Å². The highest BCUT2D eigenvalue weighted by Gasteiger charge is 2.25. The number of halogens is 1. The molecule has 0 saturated heterocycles. The van der Waals surface area contributed by atoms with E-state index in [1.54, 1.807) is 0 Å². The number of rotatable bonds is 10. The van der Waals surface area contributed by atoms with Crippen LogP contribution in [0.3, 0.4) is 0 Å². The van der Waals surface area contributed by atoms with Gasteiger partial charge in [0.1, 0.15) is 6.10 Å². The quantitative estimate of drug-likeness (QED) is 0.658. The number of aliphatic hydroxyl groups excluding tert-OH is 1. The van der Waals surface area contributed by atoms with Crippen molar-refractivity contribution in [2.24, 2.45) is 5.16 Å². The second-order valence-corrected chi connectivity index (χ2v) is 6.23. The van der Waals surface area contributed by atoms with E-state index in [1.165, 1.54) is 0 Å². The summed E-state index contributed by atoms with van der Waals surface area (Å²) < 4.78 is 5.26. The van der Waals surface area contributed by atoms with Gasteiger partial charge >= 0.3 is 0 Å². The zero-order valence-corrected chi connectivity index (χ0v) is 14.8. The Hall–Kier alpha value is -1.40. The minimum absolute atomic E-state index is 0.0325. The predicted octanol–water partition coefficient (Wildman–Crippen LogP) is 2.72. The summed E-state index contributed by atoms with van der Waals surface area (Å²) in [6.07, 6.45) is 2.00. The van der Waals surface area contributed by atoms with Crippen LogP contribution in [0.1, 0.15) is 18.9 Å². The minimum atomic E-state index is -0.525. The highest BCUT2D eigenvalue weighted by Crippen LogP contribution is 2.19. The molecule has 132 valence electrons. The maximum atomic E-state index is 10.0. The molecule has 0 fully saturated rings. The Morgan fingerprint density at radius 2 is 2.25 bits per heavy atom. The molecule has 0 spiro atoms. The van der Waals surface area contributed by atoms with Crippen LogP contribution >= 0.6 is 11.6 Å². The molecule has 2 unspecified atom stereocenters. The van der Waals surface area contributed by atoms with Gasteiger partial charge in [-0.05, 0) is 24.6 Å². The van der Waals surface area contributed by atoms with Gasteiger partial charge in [-0.3, -0.25) is 4.90 Å². The molecule has 1 aromatic carbocycles. The van der Waals surface area contributed by atoms with E-state index >= 15 is 0 Å². The first-order valence-corrected chi connectivity index (χ1v) is 8.57. The van der Waals surface area contributed by atoms with Crippen LogP contribution in [0.25, 0.3) is 0 Å². The molecule has 1 aliphatic heterocycles. The molecule has 6 heteroatoms. The number of hydrogen-bond donors (Lipinski definition) is 1. The van der Waals surface area contributed by atoms with Gasteiger partial charge in [0.25, 0.3) is 0 Å². The third kappa shape index (κ3) is 5.91. The third-order valence-electron chi connectivity index (χ3n) is 3.74. The number of ether oxygens (including phenoxy) is 1. The maximum Gasteiger partial charge on any atom is 0.145 e. The average molecular weight is 353 g/mol. The molecule has 0 aliphatic carbocycles. The van der Waals surface area contributed by atoms with Crippen LogP contribution in [-0.2, 0) is 9.57 Å². The van der Waals surface area contributed by atoms with Crippen molar-refractivity contribution in [1.82, 2.24) is 4.90 Å². The van der Waals surface area contributed by atoms with Gasteiger partial charge in [0, 0.05) is 37.7 Å². The molecule has 2 atom stereocenters. The summed E-state index contributed by atoms with van der Waals surface area (Å²) in [7, 11) is 0. The fraction of sp³-hybridized carbons (Fsp3) is 0.500. The molecule has 1 aromatic rings. The SMILES string of the molecule is C=CCN(CC(O)COCC)CC1CC(c2ccc(Cl)cc2)=NO1. The summed E-state index contributed by atoms with van der Waals surface area (Å²) in [5, 5.41) is 14.9. The number of nitrogens with zero attached hydrogens (tertiary/aromatic N) is 2. The van der Waals surface area contributed by atoms with Crippen LogP contribution in [0.2, 0.25) is 5.02 Å². The lowest BCUT2D eigenvalue weighted by Gasteiger charge is -2.25. The Bertz CT molecular complexity index is 548. The Morgan fingerprint density at radius 1 is 1.50 bits per heavy atom. The van der Waals surface area contributed by atoms with Gasteiger partial charge in [-0.1, -0.05) is 35.0 Å². The lowest BCUT2D eigenvalue weighted by molar-refractivity contribution is 0.00581. The molecule has 1 N–H and O–H groups in total. The van der Waals surface area contributed by atoms with Crippen molar-refractivity contribution >= 4 is 17.3 Å². The second-order valence-electron chi connectivity index (χ2n) is 5.80.